The first-order valence-corrected chi connectivity index (χ1v) is 5.73. The van der Waals surface area contributed by atoms with E-state index in [1.54, 1.807) is 12.1 Å². The van der Waals surface area contributed by atoms with Gasteiger partial charge >= 0.3 is 0 Å². The van der Waals surface area contributed by atoms with Crippen molar-refractivity contribution < 1.29 is 10.2 Å². The van der Waals surface area contributed by atoms with Crippen LogP contribution in [0, 0.1) is 0 Å². The minimum atomic E-state index is -0.757. The van der Waals surface area contributed by atoms with E-state index in [-0.39, 0.29) is 11.7 Å². The van der Waals surface area contributed by atoms with E-state index >= 15 is 0 Å². The number of phenols is 1. The summed E-state index contributed by atoms with van der Waals surface area (Å²) in [6.07, 6.45) is 0. The summed E-state index contributed by atoms with van der Waals surface area (Å²) in [5.41, 5.74) is 1.42. The molecular formula is C13H19NO2. The van der Waals surface area contributed by atoms with Gasteiger partial charge in [0.15, 0.2) is 0 Å². The number of aromatic hydroxyl groups is 1. The summed E-state index contributed by atoms with van der Waals surface area (Å²) in [6, 6.07) is 5.40. The number of likely N-dealkylation sites (N-methyl/N-ethyl adjacent to an activating group) is 1. The molecule has 1 aromatic rings. The second-order valence-corrected chi connectivity index (χ2v) is 4.99. The number of hydrogen-bond acceptors (Lipinski definition) is 3. The van der Waals surface area contributed by atoms with Crippen LogP contribution in [0.5, 0.6) is 5.75 Å². The van der Waals surface area contributed by atoms with Crippen molar-refractivity contribution in [1.82, 2.24) is 0 Å². The highest BCUT2D eigenvalue weighted by Crippen LogP contribution is 2.43. The number of benzene rings is 1. The van der Waals surface area contributed by atoms with Crippen molar-refractivity contribution in [3.63, 3.8) is 0 Å². The Morgan fingerprint density at radius 1 is 1.44 bits per heavy atom. The number of rotatable bonds is 2. The fraction of sp³-hybridized carbons (Fsp3) is 0.538. The van der Waals surface area contributed by atoms with Crippen LogP contribution in [0.1, 0.15) is 32.3 Å². The summed E-state index contributed by atoms with van der Waals surface area (Å²) in [5, 5.41) is 19.7. The average molecular weight is 221 g/mol. The van der Waals surface area contributed by atoms with E-state index in [1.807, 2.05) is 19.9 Å². The van der Waals surface area contributed by atoms with Crippen molar-refractivity contribution in [2.24, 2.45) is 0 Å². The molecule has 1 aliphatic heterocycles. The van der Waals surface area contributed by atoms with Crippen LogP contribution in [0.2, 0.25) is 0 Å². The van der Waals surface area contributed by atoms with Gasteiger partial charge in [-0.3, -0.25) is 0 Å². The van der Waals surface area contributed by atoms with Crippen molar-refractivity contribution >= 4 is 5.69 Å². The second-order valence-electron chi connectivity index (χ2n) is 4.99. The predicted octanol–water partition coefficient (Wildman–Crippen LogP) is 2.09. The highest BCUT2D eigenvalue weighted by atomic mass is 16.3. The van der Waals surface area contributed by atoms with Crippen molar-refractivity contribution in [3.8, 4) is 5.75 Å². The van der Waals surface area contributed by atoms with Gasteiger partial charge in [0.05, 0.1) is 5.60 Å². The zero-order valence-corrected chi connectivity index (χ0v) is 10.1. The van der Waals surface area contributed by atoms with Gasteiger partial charge in [0, 0.05) is 24.7 Å². The predicted molar refractivity (Wildman–Crippen MR) is 65.0 cm³/mol. The molecule has 0 spiro atoms. The summed E-state index contributed by atoms with van der Waals surface area (Å²) in [4.78, 5) is 2.23. The van der Waals surface area contributed by atoms with E-state index in [1.165, 1.54) is 0 Å². The molecule has 3 heteroatoms. The lowest BCUT2D eigenvalue weighted by Crippen LogP contribution is -2.33. The molecule has 0 saturated carbocycles. The fourth-order valence-corrected chi connectivity index (χ4v) is 2.43. The Bertz CT molecular complexity index is 395. The Kier molecular flexibility index (Phi) is 2.58. The number of nitrogens with zero attached hydrogens (tertiary/aromatic N) is 1. The lowest BCUT2D eigenvalue weighted by atomic mass is 9.86. The minimum Gasteiger partial charge on any atom is -0.508 e. The first-order chi connectivity index (χ1) is 7.43. The Balaban J connectivity index is 2.47. The fourth-order valence-electron chi connectivity index (χ4n) is 2.43. The molecule has 3 nitrogen and oxygen atoms in total. The number of hydrogen-bond donors (Lipinski definition) is 2. The van der Waals surface area contributed by atoms with Crippen molar-refractivity contribution in [2.75, 3.05) is 18.0 Å². The summed E-state index contributed by atoms with van der Waals surface area (Å²) >= 11 is 0. The normalized spacial score (nSPS) is 20.0. The Hall–Kier alpha value is -1.22. The summed E-state index contributed by atoms with van der Waals surface area (Å²) in [5.74, 6) is 0.334. The molecule has 1 heterocycles. The Morgan fingerprint density at radius 3 is 2.69 bits per heavy atom. The van der Waals surface area contributed by atoms with E-state index in [9.17, 15) is 10.2 Å². The van der Waals surface area contributed by atoms with Gasteiger partial charge in [-0.15, -0.1) is 0 Å². The van der Waals surface area contributed by atoms with E-state index in [0.29, 0.717) is 0 Å². The first kappa shape index (κ1) is 11.3. The molecule has 0 aromatic heterocycles. The zero-order valence-electron chi connectivity index (χ0n) is 10.1. The molecule has 2 rings (SSSR count). The van der Waals surface area contributed by atoms with Gasteiger partial charge in [0.2, 0.25) is 0 Å². The quantitative estimate of drug-likeness (QED) is 0.803. The monoisotopic (exact) mass is 221 g/mol. The molecule has 1 aromatic carbocycles. The molecule has 1 atom stereocenters. The average Bonchev–Trinajstić information content (AvgIpc) is 2.54. The molecule has 0 aliphatic carbocycles. The van der Waals surface area contributed by atoms with Gasteiger partial charge in [0.25, 0.3) is 0 Å². The van der Waals surface area contributed by atoms with Crippen LogP contribution in [0.15, 0.2) is 18.2 Å². The topological polar surface area (TPSA) is 43.7 Å². The van der Waals surface area contributed by atoms with Gasteiger partial charge in [-0.05, 0) is 44.5 Å². The SMILES string of the molecule is CCN1CC(C(C)(C)O)c2cc(O)ccc21. The number of anilines is 1. The maximum atomic E-state index is 10.2. The Morgan fingerprint density at radius 2 is 2.12 bits per heavy atom. The van der Waals surface area contributed by atoms with E-state index < -0.39 is 5.60 Å². The zero-order chi connectivity index (χ0) is 11.9. The summed E-state index contributed by atoms with van der Waals surface area (Å²) in [6.45, 7) is 7.49. The number of aliphatic hydroxyl groups is 1. The third kappa shape index (κ3) is 1.76. The highest BCUT2D eigenvalue weighted by Gasteiger charge is 2.37. The molecule has 1 aliphatic rings. The van der Waals surface area contributed by atoms with Crippen LogP contribution in [0.4, 0.5) is 5.69 Å². The lowest BCUT2D eigenvalue weighted by Gasteiger charge is -2.26. The van der Waals surface area contributed by atoms with Crippen LogP contribution >= 0.6 is 0 Å². The van der Waals surface area contributed by atoms with Crippen LogP contribution in [0.3, 0.4) is 0 Å². The molecule has 88 valence electrons. The number of fused-ring (bicyclic) bond motifs is 1. The molecule has 0 radical (unpaired) electrons. The molecular weight excluding hydrogens is 202 g/mol. The van der Waals surface area contributed by atoms with Gasteiger partial charge in [-0.1, -0.05) is 0 Å². The van der Waals surface area contributed by atoms with Gasteiger partial charge in [-0.25, -0.2) is 0 Å². The standard InChI is InChI=1S/C13H19NO2/c1-4-14-8-11(13(2,3)16)10-7-9(15)5-6-12(10)14/h5-7,11,15-16H,4,8H2,1-3H3. The molecule has 0 fully saturated rings. The smallest absolute Gasteiger partial charge is 0.116 e. The third-order valence-corrected chi connectivity index (χ3v) is 3.36. The first-order valence-electron chi connectivity index (χ1n) is 5.73. The molecule has 0 amide bonds. The van der Waals surface area contributed by atoms with Crippen molar-refractivity contribution in [2.45, 2.75) is 32.3 Å². The largest absolute Gasteiger partial charge is 0.508 e. The van der Waals surface area contributed by atoms with Crippen LogP contribution in [-0.4, -0.2) is 28.9 Å². The maximum absolute atomic E-state index is 10.2. The summed E-state index contributed by atoms with van der Waals surface area (Å²) < 4.78 is 0. The summed E-state index contributed by atoms with van der Waals surface area (Å²) in [7, 11) is 0. The second kappa shape index (κ2) is 3.67. The van der Waals surface area contributed by atoms with Crippen molar-refractivity contribution in [1.29, 1.82) is 0 Å². The molecule has 1 unspecified atom stereocenters. The van der Waals surface area contributed by atoms with E-state index in [2.05, 4.69) is 11.8 Å². The minimum absolute atomic E-state index is 0.0644. The maximum Gasteiger partial charge on any atom is 0.116 e. The highest BCUT2D eigenvalue weighted by molar-refractivity contribution is 5.62. The van der Waals surface area contributed by atoms with Crippen molar-refractivity contribution in [3.05, 3.63) is 23.8 Å². The lowest BCUT2D eigenvalue weighted by molar-refractivity contribution is 0.0548. The van der Waals surface area contributed by atoms with Crippen LogP contribution < -0.4 is 4.90 Å². The molecule has 2 N–H and O–H groups in total. The molecule has 0 saturated heterocycles. The van der Waals surface area contributed by atoms with Crippen LogP contribution in [-0.2, 0) is 0 Å². The van der Waals surface area contributed by atoms with Gasteiger partial charge in [-0.2, -0.15) is 0 Å². The molecule has 16 heavy (non-hydrogen) atoms. The van der Waals surface area contributed by atoms with Gasteiger partial charge < -0.3 is 15.1 Å². The van der Waals surface area contributed by atoms with E-state index in [4.69, 9.17) is 0 Å². The van der Waals surface area contributed by atoms with Gasteiger partial charge in [0.1, 0.15) is 5.75 Å². The van der Waals surface area contributed by atoms with E-state index in [0.717, 1.165) is 24.3 Å². The van der Waals surface area contributed by atoms with Crippen LogP contribution in [0.25, 0.3) is 0 Å². The molecule has 0 bridgehead atoms. The Labute approximate surface area is 96.3 Å². The number of phenolic OH excluding ortho intramolecular Hbond substituents is 1. The third-order valence-electron chi connectivity index (χ3n) is 3.36.